The van der Waals surface area contributed by atoms with Gasteiger partial charge in [-0.05, 0) is 30.1 Å². The second-order valence-electron chi connectivity index (χ2n) is 4.50. The smallest absolute Gasteiger partial charge is 0.106 e. The number of hydrogen-bond acceptors (Lipinski definition) is 0. The van der Waals surface area contributed by atoms with E-state index in [0.29, 0.717) is 23.7 Å². The van der Waals surface area contributed by atoms with Crippen LogP contribution in [-0.2, 0) is 0 Å². The summed E-state index contributed by atoms with van der Waals surface area (Å²) in [6.45, 7) is 8.48. The molecule has 1 aliphatic rings. The zero-order valence-corrected chi connectivity index (χ0v) is 7.97. The van der Waals surface area contributed by atoms with Crippen molar-refractivity contribution in [3.05, 3.63) is 0 Å². The molecule has 0 aromatic rings. The molecule has 0 N–H and O–H groups in total. The topological polar surface area (TPSA) is 0 Å². The fraction of sp³-hybridized carbons (Fsp3) is 1.00. The molecule has 1 heteroatoms. The summed E-state index contributed by atoms with van der Waals surface area (Å²) in [6, 6.07) is 0. The Bertz CT molecular complexity index is 115. The molecule has 1 aliphatic carbocycles. The predicted molar refractivity (Wildman–Crippen MR) is 46.2 cm³/mol. The Morgan fingerprint density at radius 1 is 1.00 bits per heavy atom. The van der Waals surface area contributed by atoms with Crippen LogP contribution in [0.1, 0.15) is 34.1 Å². The number of alkyl halides is 1. The Labute approximate surface area is 69.2 Å². The summed E-state index contributed by atoms with van der Waals surface area (Å²) in [4.78, 5) is 0. The molecule has 2 unspecified atom stereocenters. The van der Waals surface area contributed by atoms with E-state index in [4.69, 9.17) is 0 Å². The monoisotopic (exact) mass is 158 g/mol. The maximum absolute atomic E-state index is 13.3. The zero-order valence-electron chi connectivity index (χ0n) is 7.97. The fourth-order valence-electron chi connectivity index (χ4n) is 1.98. The molecule has 0 aromatic carbocycles. The average molecular weight is 158 g/mol. The molecule has 1 fully saturated rings. The van der Waals surface area contributed by atoms with E-state index < -0.39 is 6.17 Å². The summed E-state index contributed by atoms with van der Waals surface area (Å²) >= 11 is 0. The van der Waals surface area contributed by atoms with Crippen molar-refractivity contribution in [2.45, 2.75) is 40.3 Å². The lowest BCUT2D eigenvalue weighted by molar-refractivity contribution is -0.0238. The molecule has 66 valence electrons. The summed E-state index contributed by atoms with van der Waals surface area (Å²) in [5, 5.41) is 0. The Morgan fingerprint density at radius 2 is 1.36 bits per heavy atom. The molecule has 0 nitrogen and oxygen atoms in total. The Balaban J connectivity index is 2.38. The average Bonchev–Trinajstić information content (AvgIpc) is 1.82. The maximum Gasteiger partial charge on any atom is 0.106 e. The van der Waals surface area contributed by atoms with Gasteiger partial charge in [0, 0.05) is 0 Å². The predicted octanol–water partition coefficient (Wildman–Crippen LogP) is 3.27. The first-order valence-electron chi connectivity index (χ1n) is 4.68. The van der Waals surface area contributed by atoms with Gasteiger partial charge in [0.1, 0.15) is 6.17 Å². The molecular formula is C10H19F. The van der Waals surface area contributed by atoms with Gasteiger partial charge in [-0.2, -0.15) is 0 Å². The van der Waals surface area contributed by atoms with E-state index in [1.807, 2.05) is 0 Å². The molecule has 0 radical (unpaired) electrons. The number of rotatable bonds is 2. The SMILES string of the molecule is CC(C)C1CC(C(C)C)C1F. The number of hydrogen-bond donors (Lipinski definition) is 0. The van der Waals surface area contributed by atoms with Crippen molar-refractivity contribution in [3.63, 3.8) is 0 Å². The lowest BCUT2D eigenvalue weighted by Crippen LogP contribution is -2.44. The fourth-order valence-corrected chi connectivity index (χ4v) is 1.98. The van der Waals surface area contributed by atoms with Gasteiger partial charge in [-0.25, -0.2) is 4.39 Å². The van der Waals surface area contributed by atoms with Crippen molar-refractivity contribution >= 4 is 0 Å². The summed E-state index contributed by atoms with van der Waals surface area (Å²) in [7, 11) is 0. The van der Waals surface area contributed by atoms with Crippen LogP contribution in [-0.4, -0.2) is 6.17 Å². The zero-order chi connectivity index (χ0) is 8.59. The van der Waals surface area contributed by atoms with E-state index in [0.717, 1.165) is 6.42 Å². The first kappa shape index (κ1) is 9.02. The first-order chi connectivity index (χ1) is 5.04. The van der Waals surface area contributed by atoms with E-state index in [2.05, 4.69) is 27.7 Å². The molecule has 1 rings (SSSR count). The van der Waals surface area contributed by atoms with Crippen LogP contribution in [0.25, 0.3) is 0 Å². The summed E-state index contributed by atoms with van der Waals surface area (Å²) in [5.74, 6) is 1.75. The van der Waals surface area contributed by atoms with Crippen molar-refractivity contribution < 1.29 is 4.39 Å². The lowest BCUT2D eigenvalue weighted by atomic mass is 9.64. The minimum absolute atomic E-state index is 0.349. The van der Waals surface area contributed by atoms with Crippen LogP contribution in [0.5, 0.6) is 0 Å². The second-order valence-corrected chi connectivity index (χ2v) is 4.50. The van der Waals surface area contributed by atoms with Crippen LogP contribution in [0.3, 0.4) is 0 Å². The van der Waals surface area contributed by atoms with E-state index >= 15 is 0 Å². The van der Waals surface area contributed by atoms with Crippen molar-refractivity contribution in [2.24, 2.45) is 23.7 Å². The standard InChI is InChI=1S/C10H19F/c1-6(2)8-5-9(7(3)4)10(8)11/h6-10H,5H2,1-4H3. The van der Waals surface area contributed by atoms with Crippen LogP contribution in [0, 0.1) is 23.7 Å². The third-order valence-electron chi connectivity index (χ3n) is 3.07. The summed E-state index contributed by atoms with van der Waals surface area (Å²) in [6.07, 6.45) is 0.589. The van der Waals surface area contributed by atoms with Gasteiger partial charge in [0.2, 0.25) is 0 Å². The van der Waals surface area contributed by atoms with Gasteiger partial charge in [-0.3, -0.25) is 0 Å². The highest BCUT2D eigenvalue weighted by molar-refractivity contribution is 4.92. The van der Waals surface area contributed by atoms with Crippen molar-refractivity contribution in [2.75, 3.05) is 0 Å². The van der Waals surface area contributed by atoms with Crippen molar-refractivity contribution in [3.8, 4) is 0 Å². The number of halogens is 1. The third kappa shape index (κ3) is 1.57. The molecule has 0 aliphatic heterocycles. The van der Waals surface area contributed by atoms with Crippen LogP contribution in [0.4, 0.5) is 4.39 Å². The highest BCUT2D eigenvalue weighted by Gasteiger charge is 2.43. The Hall–Kier alpha value is -0.0700. The highest BCUT2D eigenvalue weighted by atomic mass is 19.1. The molecule has 1 saturated carbocycles. The molecule has 0 heterocycles. The quantitative estimate of drug-likeness (QED) is 0.578. The molecule has 0 aromatic heterocycles. The van der Waals surface area contributed by atoms with E-state index in [1.165, 1.54) is 0 Å². The van der Waals surface area contributed by atoms with Gasteiger partial charge >= 0.3 is 0 Å². The minimum atomic E-state index is -0.519. The van der Waals surface area contributed by atoms with Gasteiger partial charge in [-0.1, -0.05) is 27.7 Å². The van der Waals surface area contributed by atoms with Crippen molar-refractivity contribution in [1.82, 2.24) is 0 Å². The maximum atomic E-state index is 13.3. The normalized spacial score (nSPS) is 37.9. The van der Waals surface area contributed by atoms with E-state index in [9.17, 15) is 4.39 Å². The van der Waals surface area contributed by atoms with Gasteiger partial charge in [0.25, 0.3) is 0 Å². The van der Waals surface area contributed by atoms with Crippen LogP contribution in [0.15, 0.2) is 0 Å². The lowest BCUT2D eigenvalue weighted by Gasteiger charge is -2.44. The molecule has 0 saturated heterocycles. The molecule has 2 atom stereocenters. The van der Waals surface area contributed by atoms with E-state index in [-0.39, 0.29) is 0 Å². The summed E-state index contributed by atoms with van der Waals surface area (Å²) in [5.41, 5.74) is 0. The van der Waals surface area contributed by atoms with Gasteiger partial charge in [0.15, 0.2) is 0 Å². The van der Waals surface area contributed by atoms with Crippen LogP contribution in [0.2, 0.25) is 0 Å². The first-order valence-corrected chi connectivity index (χ1v) is 4.68. The van der Waals surface area contributed by atoms with Crippen molar-refractivity contribution in [1.29, 1.82) is 0 Å². The molecule has 0 bridgehead atoms. The molecular weight excluding hydrogens is 139 g/mol. The third-order valence-corrected chi connectivity index (χ3v) is 3.07. The molecule has 0 amide bonds. The molecule has 11 heavy (non-hydrogen) atoms. The highest BCUT2D eigenvalue weighted by Crippen LogP contribution is 2.44. The second kappa shape index (κ2) is 3.12. The van der Waals surface area contributed by atoms with Gasteiger partial charge in [0.05, 0.1) is 0 Å². The van der Waals surface area contributed by atoms with Crippen LogP contribution >= 0.6 is 0 Å². The Morgan fingerprint density at radius 3 is 1.55 bits per heavy atom. The van der Waals surface area contributed by atoms with Gasteiger partial charge in [-0.15, -0.1) is 0 Å². The van der Waals surface area contributed by atoms with Gasteiger partial charge < -0.3 is 0 Å². The molecule has 0 spiro atoms. The van der Waals surface area contributed by atoms with Crippen LogP contribution < -0.4 is 0 Å². The summed E-state index contributed by atoms with van der Waals surface area (Å²) < 4.78 is 13.3. The largest absolute Gasteiger partial charge is 0.247 e. The Kier molecular flexibility index (Phi) is 2.56. The minimum Gasteiger partial charge on any atom is -0.247 e. The van der Waals surface area contributed by atoms with E-state index in [1.54, 1.807) is 0 Å².